The van der Waals surface area contributed by atoms with E-state index in [1.165, 1.54) is 14.2 Å². The molecule has 0 spiro atoms. The molecule has 0 atom stereocenters. The van der Waals surface area contributed by atoms with Gasteiger partial charge in [-0.05, 0) is 12.8 Å². The van der Waals surface area contributed by atoms with Gasteiger partial charge in [-0.25, -0.2) is 0 Å². The Morgan fingerprint density at radius 2 is 2.12 bits per heavy atom. The van der Waals surface area contributed by atoms with Gasteiger partial charge in [0.1, 0.15) is 0 Å². The molecule has 0 amide bonds. The van der Waals surface area contributed by atoms with Gasteiger partial charge in [0.2, 0.25) is 0 Å². The van der Waals surface area contributed by atoms with Gasteiger partial charge in [-0.15, -0.1) is 0 Å². The molecule has 1 fully saturated rings. The molecule has 0 aromatic heterocycles. The lowest BCUT2D eigenvalue weighted by atomic mass is 9.91. The molecule has 7 nitrogen and oxygen atoms in total. The van der Waals surface area contributed by atoms with Crippen LogP contribution in [0.2, 0.25) is 0 Å². The number of rotatable bonds is 6. The number of carbonyl (C=O) groups is 1. The number of methoxy groups -OCH3 is 1. The lowest BCUT2D eigenvalue weighted by Gasteiger charge is -2.33. The molecule has 17 heavy (non-hydrogen) atoms. The normalized spacial score (nSPS) is 24.5. The third-order valence-corrected chi connectivity index (χ3v) is 4.33. The topological polar surface area (TPSA) is 95.9 Å². The van der Waals surface area contributed by atoms with Crippen molar-refractivity contribution in [1.29, 1.82) is 0 Å². The molecule has 8 heteroatoms. The molecule has 0 aromatic rings. The van der Waals surface area contributed by atoms with Crippen LogP contribution in [0.1, 0.15) is 19.3 Å². The summed E-state index contributed by atoms with van der Waals surface area (Å²) in [6, 6.07) is -0.212. The van der Waals surface area contributed by atoms with Crippen molar-refractivity contribution in [3.8, 4) is 0 Å². The van der Waals surface area contributed by atoms with Crippen LogP contribution in [0, 0.1) is 0 Å². The minimum absolute atomic E-state index is 0.0151. The van der Waals surface area contributed by atoms with Gasteiger partial charge in [0.05, 0.1) is 19.6 Å². The zero-order valence-corrected chi connectivity index (χ0v) is 10.7. The predicted octanol–water partition coefficient (Wildman–Crippen LogP) is -1.16. The van der Waals surface area contributed by atoms with Gasteiger partial charge in [-0.2, -0.15) is 17.4 Å². The second kappa shape index (κ2) is 5.76. The highest BCUT2D eigenvalue weighted by molar-refractivity contribution is 7.87. The Kier molecular flexibility index (Phi) is 4.87. The molecular formula is C9H18N2O5S. The highest BCUT2D eigenvalue weighted by Gasteiger charge is 2.32. The van der Waals surface area contributed by atoms with Crippen molar-refractivity contribution in [2.24, 2.45) is 0 Å². The lowest BCUT2D eigenvalue weighted by molar-refractivity contribution is -0.140. The standard InChI is InChI=1S/C9H18N2O5S/c1-11(4-3-9(13)16-2)17(14,15)10-7-5-8(12)6-7/h7-8,10,12H,3-6H2,1-2H3. The summed E-state index contributed by atoms with van der Waals surface area (Å²) in [6.45, 7) is 0.0667. The Morgan fingerprint density at radius 3 is 2.59 bits per heavy atom. The third-order valence-electron chi connectivity index (χ3n) is 2.70. The fourth-order valence-electron chi connectivity index (χ4n) is 1.46. The fraction of sp³-hybridized carbons (Fsp3) is 0.889. The second-order valence-corrected chi connectivity index (χ2v) is 5.90. The lowest BCUT2D eigenvalue weighted by Crippen LogP contribution is -2.51. The van der Waals surface area contributed by atoms with Crippen LogP contribution in [0.5, 0.6) is 0 Å². The van der Waals surface area contributed by atoms with Crippen LogP contribution in [0.25, 0.3) is 0 Å². The van der Waals surface area contributed by atoms with E-state index in [0.29, 0.717) is 12.8 Å². The van der Waals surface area contributed by atoms with Gasteiger partial charge in [0.25, 0.3) is 10.2 Å². The van der Waals surface area contributed by atoms with Gasteiger partial charge in [0.15, 0.2) is 0 Å². The zero-order chi connectivity index (χ0) is 13.1. The first-order valence-electron chi connectivity index (χ1n) is 5.33. The maximum atomic E-state index is 11.7. The molecule has 1 aliphatic rings. The molecular weight excluding hydrogens is 248 g/mol. The number of nitrogens with zero attached hydrogens (tertiary/aromatic N) is 1. The molecule has 0 aromatic carbocycles. The van der Waals surface area contributed by atoms with Crippen LogP contribution in [0.15, 0.2) is 0 Å². The van der Waals surface area contributed by atoms with Gasteiger partial charge < -0.3 is 9.84 Å². The second-order valence-electron chi connectivity index (χ2n) is 4.09. The number of ether oxygens (including phenoxy) is 1. The van der Waals surface area contributed by atoms with E-state index in [9.17, 15) is 13.2 Å². The van der Waals surface area contributed by atoms with Crippen LogP contribution in [-0.2, 0) is 19.7 Å². The average Bonchev–Trinajstić information content (AvgIpc) is 2.22. The van der Waals surface area contributed by atoms with Crippen LogP contribution < -0.4 is 4.72 Å². The first kappa shape index (κ1) is 14.4. The van der Waals surface area contributed by atoms with Crippen LogP contribution in [-0.4, -0.2) is 56.6 Å². The molecule has 0 aliphatic heterocycles. The molecule has 2 N–H and O–H groups in total. The van der Waals surface area contributed by atoms with Crippen LogP contribution in [0.4, 0.5) is 0 Å². The predicted molar refractivity (Wildman–Crippen MR) is 60.3 cm³/mol. The summed E-state index contributed by atoms with van der Waals surface area (Å²) in [5.74, 6) is -0.453. The van der Waals surface area contributed by atoms with Crippen molar-refractivity contribution in [2.75, 3.05) is 20.7 Å². The van der Waals surface area contributed by atoms with Crippen molar-refractivity contribution >= 4 is 16.2 Å². The number of aliphatic hydroxyl groups excluding tert-OH is 1. The van der Waals surface area contributed by atoms with Gasteiger partial charge in [0, 0.05) is 19.6 Å². The highest BCUT2D eigenvalue weighted by atomic mass is 32.2. The maximum absolute atomic E-state index is 11.7. The van der Waals surface area contributed by atoms with Crippen molar-refractivity contribution in [2.45, 2.75) is 31.4 Å². The highest BCUT2D eigenvalue weighted by Crippen LogP contribution is 2.20. The number of hydrogen-bond acceptors (Lipinski definition) is 5. The van der Waals surface area contributed by atoms with E-state index in [-0.39, 0.29) is 19.0 Å². The third kappa shape index (κ3) is 4.23. The Morgan fingerprint density at radius 1 is 1.53 bits per heavy atom. The summed E-state index contributed by atoms with van der Waals surface area (Å²) < 4.78 is 31.4. The van der Waals surface area contributed by atoms with Crippen molar-refractivity contribution in [3.05, 3.63) is 0 Å². The summed E-state index contributed by atoms with van der Waals surface area (Å²) in [6.07, 6.45) is 0.470. The van der Waals surface area contributed by atoms with Gasteiger partial charge >= 0.3 is 5.97 Å². The summed E-state index contributed by atoms with van der Waals surface area (Å²) >= 11 is 0. The quantitative estimate of drug-likeness (QED) is 0.591. The SMILES string of the molecule is COC(=O)CCN(C)S(=O)(=O)NC1CC(O)C1. The number of aliphatic hydroxyl groups is 1. The summed E-state index contributed by atoms with van der Waals surface area (Å²) in [5, 5.41) is 9.05. The van der Waals surface area contributed by atoms with E-state index in [2.05, 4.69) is 9.46 Å². The molecule has 0 unspecified atom stereocenters. The largest absolute Gasteiger partial charge is 0.469 e. The molecule has 0 bridgehead atoms. The Bertz CT molecular complexity index is 364. The molecule has 0 saturated heterocycles. The van der Waals surface area contributed by atoms with Gasteiger partial charge in [-0.3, -0.25) is 4.79 Å². The minimum Gasteiger partial charge on any atom is -0.469 e. The number of hydrogen-bond donors (Lipinski definition) is 2. The van der Waals surface area contributed by atoms with E-state index in [4.69, 9.17) is 5.11 Å². The van der Waals surface area contributed by atoms with Crippen molar-refractivity contribution in [3.63, 3.8) is 0 Å². The number of nitrogens with one attached hydrogen (secondary N) is 1. The summed E-state index contributed by atoms with van der Waals surface area (Å²) in [7, 11) is -0.939. The van der Waals surface area contributed by atoms with E-state index in [0.717, 1.165) is 4.31 Å². The van der Waals surface area contributed by atoms with Crippen LogP contribution >= 0.6 is 0 Å². The Hall–Kier alpha value is -0.700. The molecule has 100 valence electrons. The van der Waals surface area contributed by atoms with E-state index < -0.39 is 22.3 Å². The van der Waals surface area contributed by atoms with E-state index in [1.54, 1.807) is 0 Å². The van der Waals surface area contributed by atoms with E-state index in [1.807, 2.05) is 0 Å². The van der Waals surface area contributed by atoms with E-state index >= 15 is 0 Å². The Labute approximate surface area is 101 Å². The fourth-order valence-corrected chi connectivity index (χ4v) is 2.58. The average molecular weight is 266 g/mol. The monoisotopic (exact) mass is 266 g/mol. The number of carbonyl (C=O) groups excluding carboxylic acids is 1. The molecule has 1 saturated carbocycles. The molecule has 0 heterocycles. The number of esters is 1. The molecule has 1 aliphatic carbocycles. The smallest absolute Gasteiger partial charge is 0.306 e. The van der Waals surface area contributed by atoms with Crippen molar-refractivity contribution < 1.29 is 23.1 Å². The zero-order valence-electron chi connectivity index (χ0n) is 9.92. The van der Waals surface area contributed by atoms with Crippen LogP contribution in [0.3, 0.4) is 0 Å². The Balaban J connectivity index is 2.38. The summed E-state index contributed by atoms with van der Waals surface area (Å²) in [5.41, 5.74) is 0. The minimum atomic E-state index is -3.58. The first-order chi connectivity index (χ1) is 7.85. The molecule has 0 radical (unpaired) electrons. The first-order valence-corrected chi connectivity index (χ1v) is 6.77. The molecule has 1 rings (SSSR count). The van der Waals surface area contributed by atoms with Crippen molar-refractivity contribution in [1.82, 2.24) is 9.03 Å². The maximum Gasteiger partial charge on any atom is 0.306 e. The summed E-state index contributed by atoms with van der Waals surface area (Å²) in [4.78, 5) is 10.9. The van der Waals surface area contributed by atoms with Gasteiger partial charge in [-0.1, -0.05) is 0 Å².